The van der Waals surface area contributed by atoms with E-state index in [9.17, 15) is 14.8 Å². The van der Waals surface area contributed by atoms with Crippen LogP contribution in [0.25, 0.3) is 0 Å². The van der Waals surface area contributed by atoms with E-state index in [1.54, 1.807) is 0 Å². The molecule has 0 bridgehead atoms. The molecular formula is C12H13FN2O2. The molecule has 0 aliphatic carbocycles. The van der Waals surface area contributed by atoms with Gasteiger partial charge in [0.25, 0.3) is 0 Å². The molecule has 1 N–H and O–H groups in total. The molecule has 0 aromatic carbocycles. The highest BCUT2D eigenvalue weighted by molar-refractivity contribution is 5.23. The van der Waals surface area contributed by atoms with E-state index < -0.39 is 16.8 Å². The minimum atomic E-state index is -1.45. The van der Waals surface area contributed by atoms with Gasteiger partial charge in [0.15, 0.2) is 0 Å². The molecule has 90 valence electrons. The molecule has 0 spiro atoms. The van der Waals surface area contributed by atoms with Crippen molar-refractivity contribution in [1.82, 2.24) is 4.98 Å². The van der Waals surface area contributed by atoms with Crippen LogP contribution in [0.15, 0.2) is 18.3 Å². The van der Waals surface area contributed by atoms with Gasteiger partial charge in [-0.2, -0.15) is 5.26 Å². The fourth-order valence-corrected chi connectivity index (χ4v) is 2.05. The van der Waals surface area contributed by atoms with Gasteiger partial charge in [-0.05, 0) is 25.5 Å². The predicted molar refractivity (Wildman–Crippen MR) is 57.2 cm³/mol. The molecule has 5 heteroatoms. The zero-order valence-corrected chi connectivity index (χ0v) is 9.48. The molecule has 1 aromatic heterocycles. The normalized spacial score (nSPS) is 27.4. The zero-order chi connectivity index (χ0) is 12.5. The molecule has 2 heterocycles. The summed E-state index contributed by atoms with van der Waals surface area (Å²) < 4.78 is 18.0. The highest BCUT2D eigenvalue weighted by atomic mass is 19.1. The number of rotatable bonds is 2. The van der Waals surface area contributed by atoms with Crippen LogP contribution < -0.4 is 0 Å². The van der Waals surface area contributed by atoms with Crippen LogP contribution in [0.3, 0.4) is 0 Å². The SMILES string of the molecule is CC(O)(c1ccc(F)cn1)C1(C#N)CCOC1. The Kier molecular flexibility index (Phi) is 2.86. The molecule has 0 saturated carbocycles. The maximum atomic E-state index is 12.8. The van der Waals surface area contributed by atoms with Crippen molar-refractivity contribution in [2.75, 3.05) is 13.2 Å². The lowest BCUT2D eigenvalue weighted by molar-refractivity contribution is -0.0516. The summed E-state index contributed by atoms with van der Waals surface area (Å²) in [7, 11) is 0. The molecule has 2 atom stereocenters. The Labute approximate surface area is 98.7 Å². The summed E-state index contributed by atoms with van der Waals surface area (Å²) in [5.74, 6) is -0.474. The van der Waals surface area contributed by atoms with Crippen LogP contribution in [0.2, 0.25) is 0 Å². The van der Waals surface area contributed by atoms with Crippen molar-refractivity contribution < 1.29 is 14.2 Å². The van der Waals surface area contributed by atoms with Gasteiger partial charge in [0.05, 0.1) is 24.6 Å². The van der Waals surface area contributed by atoms with E-state index >= 15 is 0 Å². The number of nitrogens with zero attached hydrogens (tertiary/aromatic N) is 2. The van der Waals surface area contributed by atoms with Crippen molar-refractivity contribution in [3.05, 3.63) is 29.8 Å². The first kappa shape index (κ1) is 12.0. The van der Waals surface area contributed by atoms with Crippen molar-refractivity contribution in [2.24, 2.45) is 5.41 Å². The summed E-state index contributed by atoms with van der Waals surface area (Å²) in [5.41, 5.74) is -2.19. The average Bonchev–Trinajstić information content (AvgIpc) is 2.79. The second kappa shape index (κ2) is 4.06. The largest absolute Gasteiger partial charge is 0.382 e. The summed E-state index contributed by atoms with van der Waals surface area (Å²) in [6, 6.07) is 4.74. The number of hydrogen-bond acceptors (Lipinski definition) is 4. The predicted octanol–water partition coefficient (Wildman–Crippen LogP) is 1.36. The van der Waals surface area contributed by atoms with E-state index in [1.165, 1.54) is 19.1 Å². The first-order chi connectivity index (χ1) is 8.02. The van der Waals surface area contributed by atoms with Gasteiger partial charge in [-0.15, -0.1) is 0 Å². The molecule has 1 aromatic rings. The van der Waals surface area contributed by atoms with Crippen LogP contribution in [-0.2, 0) is 10.3 Å². The molecule has 2 rings (SSSR count). The van der Waals surface area contributed by atoms with Crippen LogP contribution in [0.4, 0.5) is 4.39 Å². The number of halogens is 1. The fourth-order valence-electron chi connectivity index (χ4n) is 2.05. The Balaban J connectivity index is 2.41. The molecular weight excluding hydrogens is 223 g/mol. The van der Waals surface area contributed by atoms with Crippen LogP contribution in [0, 0.1) is 22.6 Å². The molecule has 0 radical (unpaired) electrons. The van der Waals surface area contributed by atoms with Crippen molar-refractivity contribution in [2.45, 2.75) is 18.9 Å². The van der Waals surface area contributed by atoms with Crippen LogP contribution in [-0.4, -0.2) is 23.3 Å². The van der Waals surface area contributed by atoms with E-state index in [-0.39, 0.29) is 12.3 Å². The fraction of sp³-hybridized carbons (Fsp3) is 0.500. The quantitative estimate of drug-likeness (QED) is 0.841. The van der Waals surface area contributed by atoms with E-state index in [0.29, 0.717) is 13.0 Å². The maximum Gasteiger partial charge on any atom is 0.141 e. The molecule has 1 aliphatic heterocycles. The number of aliphatic hydroxyl groups is 1. The minimum Gasteiger partial charge on any atom is -0.382 e. The Morgan fingerprint density at radius 3 is 2.88 bits per heavy atom. The summed E-state index contributed by atoms with van der Waals surface area (Å²) in [6.45, 7) is 2.12. The maximum absolute atomic E-state index is 12.8. The van der Waals surface area contributed by atoms with Gasteiger partial charge in [0.2, 0.25) is 0 Å². The molecule has 1 fully saturated rings. The zero-order valence-electron chi connectivity index (χ0n) is 9.48. The second-order valence-electron chi connectivity index (χ2n) is 4.43. The van der Waals surface area contributed by atoms with Crippen molar-refractivity contribution >= 4 is 0 Å². The van der Waals surface area contributed by atoms with E-state index in [1.807, 2.05) is 0 Å². The molecule has 1 saturated heterocycles. The van der Waals surface area contributed by atoms with E-state index in [2.05, 4.69) is 11.1 Å². The Hall–Kier alpha value is -1.51. The lowest BCUT2D eigenvalue weighted by Crippen LogP contribution is -2.43. The Morgan fingerprint density at radius 2 is 2.41 bits per heavy atom. The molecule has 2 unspecified atom stereocenters. The number of aromatic nitrogens is 1. The number of pyridine rings is 1. The Bertz CT molecular complexity index is 445. The number of hydrogen-bond donors (Lipinski definition) is 1. The smallest absolute Gasteiger partial charge is 0.141 e. The highest BCUT2D eigenvalue weighted by Crippen LogP contribution is 2.44. The third kappa shape index (κ3) is 1.79. The lowest BCUT2D eigenvalue weighted by Gasteiger charge is -2.35. The van der Waals surface area contributed by atoms with Crippen molar-refractivity contribution in [3.63, 3.8) is 0 Å². The monoisotopic (exact) mass is 236 g/mol. The van der Waals surface area contributed by atoms with Gasteiger partial charge in [-0.25, -0.2) is 4.39 Å². The first-order valence-electron chi connectivity index (χ1n) is 5.35. The van der Waals surface area contributed by atoms with Gasteiger partial charge in [-0.3, -0.25) is 4.98 Å². The highest BCUT2D eigenvalue weighted by Gasteiger charge is 2.52. The number of nitriles is 1. The standard InChI is InChI=1S/C12H13FN2O2/c1-11(16,10-3-2-9(13)6-15-10)12(7-14)4-5-17-8-12/h2-3,6,16H,4-5,8H2,1H3. The van der Waals surface area contributed by atoms with Crippen LogP contribution in [0.1, 0.15) is 19.0 Å². The molecule has 4 nitrogen and oxygen atoms in total. The van der Waals surface area contributed by atoms with Crippen molar-refractivity contribution in [1.29, 1.82) is 5.26 Å². The van der Waals surface area contributed by atoms with Gasteiger partial charge in [0, 0.05) is 6.61 Å². The van der Waals surface area contributed by atoms with E-state index in [0.717, 1.165) is 6.20 Å². The molecule has 0 amide bonds. The Morgan fingerprint density at radius 1 is 1.65 bits per heavy atom. The van der Waals surface area contributed by atoms with Gasteiger partial charge >= 0.3 is 0 Å². The third-order valence-corrected chi connectivity index (χ3v) is 3.39. The van der Waals surface area contributed by atoms with Gasteiger partial charge in [0.1, 0.15) is 16.8 Å². The molecule has 1 aliphatic rings. The second-order valence-corrected chi connectivity index (χ2v) is 4.43. The summed E-state index contributed by atoms with van der Waals surface area (Å²) in [5, 5.41) is 19.8. The van der Waals surface area contributed by atoms with E-state index in [4.69, 9.17) is 4.74 Å². The summed E-state index contributed by atoms with van der Waals surface area (Å²) >= 11 is 0. The summed E-state index contributed by atoms with van der Waals surface area (Å²) in [4.78, 5) is 3.86. The topological polar surface area (TPSA) is 66.1 Å². The van der Waals surface area contributed by atoms with Gasteiger partial charge < -0.3 is 9.84 Å². The van der Waals surface area contributed by atoms with Crippen LogP contribution in [0.5, 0.6) is 0 Å². The average molecular weight is 236 g/mol. The van der Waals surface area contributed by atoms with Crippen LogP contribution >= 0.6 is 0 Å². The lowest BCUT2D eigenvalue weighted by atomic mass is 9.71. The molecule has 17 heavy (non-hydrogen) atoms. The summed E-state index contributed by atoms with van der Waals surface area (Å²) in [6.07, 6.45) is 1.47. The third-order valence-electron chi connectivity index (χ3n) is 3.39. The van der Waals surface area contributed by atoms with Crippen molar-refractivity contribution in [3.8, 4) is 6.07 Å². The minimum absolute atomic E-state index is 0.162. The number of ether oxygens (including phenoxy) is 1. The first-order valence-corrected chi connectivity index (χ1v) is 5.35. The van der Waals surface area contributed by atoms with Gasteiger partial charge in [-0.1, -0.05) is 0 Å².